The molecular formula is C14H26O2S. The fraction of sp³-hybridized carbons (Fsp3) is 0.929. The van der Waals surface area contributed by atoms with Crippen LogP contribution in [-0.2, 0) is 9.53 Å². The minimum Gasteiger partial charge on any atom is -0.469 e. The van der Waals surface area contributed by atoms with Gasteiger partial charge in [-0.05, 0) is 30.6 Å². The summed E-state index contributed by atoms with van der Waals surface area (Å²) in [4.78, 5) is 11.1. The Balaban J connectivity index is 2.38. The molecule has 1 fully saturated rings. The van der Waals surface area contributed by atoms with Crippen molar-refractivity contribution in [3.63, 3.8) is 0 Å². The number of hydrogen-bond donors (Lipinski definition) is 0. The van der Waals surface area contributed by atoms with Gasteiger partial charge in [0.25, 0.3) is 0 Å². The molecule has 2 nitrogen and oxygen atoms in total. The molecule has 0 bridgehead atoms. The van der Waals surface area contributed by atoms with Gasteiger partial charge in [-0.1, -0.05) is 27.2 Å². The van der Waals surface area contributed by atoms with Gasteiger partial charge >= 0.3 is 5.97 Å². The Morgan fingerprint density at radius 3 is 2.71 bits per heavy atom. The Morgan fingerprint density at radius 1 is 1.41 bits per heavy atom. The summed E-state index contributed by atoms with van der Waals surface area (Å²) in [7, 11) is 1.46. The van der Waals surface area contributed by atoms with E-state index in [1.54, 1.807) is 0 Å². The van der Waals surface area contributed by atoms with Gasteiger partial charge in [0.2, 0.25) is 0 Å². The number of hydrogen-bond acceptors (Lipinski definition) is 3. The van der Waals surface area contributed by atoms with Crippen molar-refractivity contribution < 1.29 is 9.53 Å². The van der Waals surface area contributed by atoms with E-state index in [1.807, 2.05) is 11.8 Å². The Morgan fingerprint density at radius 2 is 2.12 bits per heavy atom. The molecule has 0 radical (unpaired) electrons. The lowest BCUT2D eigenvalue weighted by molar-refractivity contribution is -0.140. The van der Waals surface area contributed by atoms with Crippen molar-refractivity contribution in [2.24, 2.45) is 17.8 Å². The lowest BCUT2D eigenvalue weighted by Crippen LogP contribution is -2.30. The van der Waals surface area contributed by atoms with Gasteiger partial charge in [0.15, 0.2) is 0 Å². The maximum atomic E-state index is 11.1. The van der Waals surface area contributed by atoms with E-state index in [2.05, 4.69) is 25.5 Å². The highest BCUT2D eigenvalue weighted by Gasteiger charge is 2.30. The first-order valence-corrected chi connectivity index (χ1v) is 7.77. The van der Waals surface area contributed by atoms with E-state index in [0.29, 0.717) is 6.42 Å². The van der Waals surface area contributed by atoms with Crippen molar-refractivity contribution in [3.8, 4) is 0 Å². The predicted molar refractivity (Wildman–Crippen MR) is 74.2 cm³/mol. The number of carbonyl (C=O) groups excluding carboxylic acids is 1. The van der Waals surface area contributed by atoms with Crippen LogP contribution < -0.4 is 0 Å². The first-order valence-electron chi connectivity index (χ1n) is 6.73. The zero-order chi connectivity index (χ0) is 12.8. The van der Waals surface area contributed by atoms with Crippen molar-refractivity contribution >= 4 is 17.7 Å². The summed E-state index contributed by atoms with van der Waals surface area (Å²) in [5, 5.41) is 0.739. The molecule has 3 unspecified atom stereocenters. The average molecular weight is 258 g/mol. The predicted octanol–water partition coefficient (Wildman–Crippen LogP) is 3.74. The molecule has 0 aromatic heterocycles. The minimum atomic E-state index is -0.0811. The summed E-state index contributed by atoms with van der Waals surface area (Å²) >= 11 is 1.98. The quantitative estimate of drug-likeness (QED) is 0.703. The van der Waals surface area contributed by atoms with E-state index in [-0.39, 0.29) is 5.97 Å². The van der Waals surface area contributed by atoms with Crippen LogP contribution in [-0.4, -0.2) is 24.1 Å². The van der Waals surface area contributed by atoms with Gasteiger partial charge in [-0.15, -0.1) is 0 Å². The van der Waals surface area contributed by atoms with Crippen molar-refractivity contribution in [2.75, 3.05) is 12.9 Å². The average Bonchev–Trinajstić information content (AvgIpc) is 2.28. The summed E-state index contributed by atoms with van der Waals surface area (Å²) in [6.45, 7) is 7.01. The van der Waals surface area contributed by atoms with E-state index in [0.717, 1.165) is 28.8 Å². The minimum absolute atomic E-state index is 0.0811. The standard InChI is InChI=1S/C14H26O2S/c1-10(2)12-6-5-11(3)9-13(12)17-8-7-14(15)16-4/h10-13H,5-9H2,1-4H3. The third-order valence-electron chi connectivity index (χ3n) is 3.83. The molecule has 0 spiro atoms. The van der Waals surface area contributed by atoms with Crippen LogP contribution in [0.5, 0.6) is 0 Å². The molecule has 17 heavy (non-hydrogen) atoms. The van der Waals surface area contributed by atoms with Gasteiger partial charge in [0, 0.05) is 11.0 Å². The highest BCUT2D eigenvalue weighted by atomic mass is 32.2. The summed E-state index contributed by atoms with van der Waals surface area (Å²) in [6, 6.07) is 0. The second kappa shape index (κ2) is 7.30. The zero-order valence-electron chi connectivity index (χ0n) is 11.6. The smallest absolute Gasteiger partial charge is 0.306 e. The summed E-state index contributed by atoms with van der Waals surface area (Å²) in [6.07, 6.45) is 4.59. The molecule has 1 rings (SSSR count). The van der Waals surface area contributed by atoms with E-state index >= 15 is 0 Å². The molecule has 1 aliphatic rings. The van der Waals surface area contributed by atoms with Crippen molar-refractivity contribution in [2.45, 2.75) is 51.7 Å². The number of carbonyl (C=O) groups is 1. The van der Waals surface area contributed by atoms with Gasteiger partial charge < -0.3 is 4.74 Å². The van der Waals surface area contributed by atoms with Gasteiger partial charge in [-0.3, -0.25) is 4.79 Å². The molecule has 0 heterocycles. The normalized spacial score (nSPS) is 29.4. The molecule has 0 aliphatic heterocycles. The Hall–Kier alpha value is -0.180. The van der Waals surface area contributed by atoms with Gasteiger partial charge in [-0.25, -0.2) is 0 Å². The monoisotopic (exact) mass is 258 g/mol. The summed E-state index contributed by atoms with van der Waals surface area (Å²) in [5.41, 5.74) is 0. The van der Waals surface area contributed by atoms with Crippen LogP contribution in [0.1, 0.15) is 46.5 Å². The molecular weight excluding hydrogens is 232 g/mol. The molecule has 1 saturated carbocycles. The molecule has 0 aromatic carbocycles. The van der Waals surface area contributed by atoms with Crippen molar-refractivity contribution in [3.05, 3.63) is 0 Å². The molecule has 3 heteroatoms. The topological polar surface area (TPSA) is 26.3 Å². The second-order valence-electron chi connectivity index (χ2n) is 5.56. The second-order valence-corrected chi connectivity index (χ2v) is 6.91. The van der Waals surface area contributed by atoms with Crippen LogP contribution in [0.25, 0.3) is 0 Å². The Labute approximate surface area is 110 Å². The van der Waals surface area contributed by atoms with Crippen LogP contribution in [0.15, 0.2) is 0 Å². The van der Waals surface area contributed by atoms with Gasteiger partial charge in [-0.2, -0.15) is 11.8 Å². The van der Waals surface area contributed by atoms with Crippen molar-refractivity contribution in [1.82, 2.24) is 0 Å². The lowest BCUT2D eigenvalue weighted by Gasteiger charge is -2.37. The first kappa shape index (κ1) is 14.9. The van der Waals surface area contributed by atoms with E-state index in [4.69, 9.17) is 0 Å². The maximum absolute atomic E-state index is 11.1. The summed E-state index contributed by atoms with van der Waals surface area (Å²) in [5.74, 6) is 3.27. The number of rotatable bonds is 5. The van der Waals surface area contributed by atoms with Gasteiger partial charge in [0.1, 0.15) is 0 Å². The van der Waals surface area contributed by atoms with Crippen LogP contribution >= 0.6 is 11.8 Å². The summed E-state index contributed by atoms with van der Waals surface area (Å²) < 4.78 is 4.68. The number of esters is 1. The molecule has 3 atom stereocenters. The van der Waals surface area contributed by atoms with E-state index in [1.165, 1.54) is 26.4 Å². The van der Waals surface area contributed by atoms with Crippen LogP contribution in [0.2, 0.25) is 0 Å². The molecule has 100 valence electrons. The number of ether oxygens (including phenoxy) is 1. The van der Waals surface area contributed by atoms with Crippen LogP contribution in [0.3, 0.4) is 0 Å². The third kappa shape index (κ3) is 4.90. The van der Waals surface area contributed by atoms with Gasteiger partial charge in [0.05, 0.1) is 13.5 Å². The molecule has 0 saturated heterocycles. The lowest BCUT2D eigenvalue weighted by atomic mass is 9.77. The van der Waals surface area contributed by atoms with Crippen molar-refractivity contribution in [1.29, 1.82) is 0 Å². The number of thioether (sulfide) groups is 1. The first-order chi connectivity index (χ1) is 8.04. The highest BCUT2D eigenvalue weighted by molar-refractivity contribution is 7.99. The van der Waals surface area contributed by atoms with Crippen LogP contribution in [0.4, 0.5) is 0 Å². The maximum Gasteiger partial charge on any atom is 0.306 e. The third-order valence-corrected chi connectivity index (χ3v) is 5.24. The highest BCUT2D eigenvalue weighted by Crippen LogP contribution is 2.40. The molecule has 0 amide bonds. The SMILES string of the molecule is COC(=O)CCSC1CC(C)CCC1C(C)C. The Bertz CT molecular complexity index is 240. The van der Waals surface area contributed by atoms with Crippen LogP contribution in [0, 0.1) is 17.8 Å². The molecule has 0 aromatic rings. The number of methoxy groups -OCH3 is 1. The Kier molecular flexibility index (Phi) is 6.39. The van der Waals surface area contributed by atoms with E-state index < -0.39 is 0 Å². The molecule has 0 N–H and O–H groups in total. The largest absolute Gasteiger partial charge is 0.469 e. The fourth-order valence-electron chi connectivity index (χ4n) is 2.70. The fourth-order valence-corrected chi connectivity index (χ4v) is 4.45. The zero-order valence-corrected chi connectivity index (χ0v) is 12.4. The van der Waals surface area contributed by atoms with E-state index in [9.17, 15) is 4.79 Å². The molecule has 1 aliphatic carbocycles.